The fourth-order valence-electron chi connectivity index (χ4n) is 2.11. The second-order valence-electron chi connectivity index (χ2n) is 6.86. The van der Waals surface area contributed by atoms with E-state index < -0.39 is 75.2 Å². The van der Waals surface area contributed by atoms with Crippen molar-refractivity contribution >= 4 is 20.2 Å². The maximum absolute atomic E-state index is 12.8. The molecule has 0 aliphatic carbocycles. The monoisotopic (exact) mass is 588 g/mol. The zero-order valence-corrected chi connectivity index (χ0v) is 19.9. The van der Waals surface area contributed by atoms with Gasteiger partial charge in [-0.25, -0.2) is 8.78 Å². The number of hydrogen-bond acceptors (Lipinski definition) is 6. The second kappa shape index (κ2) is 16.7. The van der Waals surface area contributed by atoms with Gasteiger partial charge in [-0.2, -0.15) is 52.0 Å². The van der Waals surface area contributed by atoms with Gasteiger partial charge in [-0.1, -0.05) is 19.3 Å². The van der Waals surface area contributed by atoms with E-state index in [0.29, 0.717) is 0 Å². The lowest BCUT2D eigenvalue weighted by molar-refractivity contribution is -0.136. The summed E-state index contributed by atoms with van der Waals surface area (Å²) in [7, 11) is -10.6. The van der Waals surface area contributed by atoms with Crippen LogP contribution in [0.15, 0.2) is 0 Å². The molecule has 0 saturated heterocycles. The van der Waals surface area contributed by atoms with Crippen LogP contribution < -0.4 is 12.3 Å². The summed E-state index contributed by atoms with van der Waals surface area (Å²) in [5.74, 6) is 0. The average Bonchev–Trinajstić information content (AvgIpc) is 2.57. The minimum atomic E-state index is -5.86. The molecule has 0 radical (unpaired) electrons. The van der Waals surface area contributed by atoms with Gasteiger partial charge in [0.2, 0.25) is 5.50 Å². The molecule has 8 N–H and O–H groups in total. The van der Waals surface area contributed by atoms with Crippen LogP contribution in [0.25, 0.3) is 0 Å². The van der Waals surface area contributed by atoms with Gasteiger partial charge in [0, 0.05) is 12.8 Å². The first-order valence-corrected chi connectivity index (χ1v) is 12.2. The molecule has 0 aromatic heterocycles. The summed E-state index contributed by atoms with van der Waals surface area (Å²) in [4.78, 5) is 0. The van der Waals surface area contributed by atoms with E-state index in [9.17, 15) is 60.7 Å². The van der Waals surface area contributed by atoms with E-state index in [1.165, 1.54) is 0 Å². The van der Waals surface area contributed by atoms with Crippen LogP contribution in [-0.4, -0.2) is 55.2 Å². The van der Waals surface area contributed by atoms with Crippen molar-refractivity contribution in [2.75, 3.05) is 0 Å². The molecule has 0 rings (SSSR count). The largest absolute Gasteiger partial charge is 0.400 e. The molecule has 35 heavy (non-hydrogen) atoms. The van der Waals surface area contributed by atoms with Crippen molar-refractivity contribution in [1.29, 1.82) is 0 Å². The summed E-state index contributed by atoms with van der Waals surface area (Å²) in [6.07, 6.45) is -16.2. The molecule has 0 aromatic carbocycles. The van der Waals surface area contributed by atoms with Gasteiger partial charge in [0.25, 0.3) is 10.1 Å². The Kier molecular flexibility index (Phi) is 19.7. The van der Waals surface area contributed by atoms with Crippen molar-refractivity contribution in [3.05, 3.63) is 0 Å². The maximum atomic E-state index is 12.8. The minimum Gasteiger partial charge on any atom is -0.344 e. The Morgan fingerprint density at radius 1 is 0.600 bits per heavy atom. The zero-order chi connectivity index (χ0) is 26.7. The fourth-order valence-corrected chi connectivity index (χ4v) is 3.02. The standard InChI is InChI=1S/C8H12F6O3S.C7H12F4O3S.2H3N/c9-6(8(13,14)18(15,16)17)4-2-1-3-5-7(10,11)12;8-6(15(12,13)14)4-2-1-3-5-7(9,10)11;;/h6H,1-5H2,(H,15,16,17);6H,1-5H2,(H,12,13,14);2*1H3. The van der Waals surface area contributed by atoms with Crippen molar-refractivity contribution in [1.82, 2.24) is 12.3 Å². The predicted octanol–water partition coefficient (Wildman–Crippen LogP) is 6.32. The van der Waals surface area contributed by atoms with Crippen LogP contribution in [0.1, 0.15) is 64.2 Å². The molecule has 2 unspecified atom stereocenters. The Labute approximate surface area is 196 Å². The third-order valence-corrected chi connectivity index (χ3v) is 5.67. The molecule has 0 aromatic rings. The summed E-state index contributed by atoms with van der Waals surface area (Å²) < 4.78 is 177. The average molecular weight is 589 g/mol. The van der Waals surface area contributed by atoms with Crippen molar-refractivity contribution in [2.24, 2.45) is 0 Å². The van der Waals surface area contributed by atoms with Gasteiger partial charge >= 0.3 is 27.7 Å². The Morgan fingerprint density at radius 2 is 0.943 bits per heavy atom. The van der Waals surface area contributed by atoms with Crippen LogP contribution in [0.3, 0.4) is 0 Å². The number of unbranched alkanes of at least 4 members (excludes halogenated alkanes) is 4. The lowest BCUT2D eigenvalue weighted by Gasteiger charge is -2.17. The van der Waals surface area contributed by atoms with E-state index in [-0.39, 0.29) is 50.8 Å². The van der Waals surface area contributed by atoms with Crippen molar-refractivity contribution in [3.8, 4) is 0 Å². The highest BCUT2D eigenvalue weighted by Crippen LogP contribution is 2.31. The van der Waals surface area contributed by atoms with E-state index in [1.807, 2.05) is 0 Å². The molecule has 2 atom stereocenters. The smallest absolute Gasteiger partial charge is 0.344 e. The molecule has 8 nitrogen and oxygen atoms in total. The van der Waals surface area contributed by atoms with Gasteiger partial charge in [0.15, 0.2) is 6.17 Å². The Hall–Kier alpha value is -0.960. The third kappa shape index (κ3) is 22.0. The van der Waals surface area contributed by atoms with E-state index in [0.717, 1.165) is 0 Å². The van der Waals surface area contributed by atoms with E-state index in [2.05, 4.69) is 0 Å². The van der Waals surface area contributed by atoms with Crippen LogP contribution in [-0.2, 0) is 20.2 Å². The van der Waals surface area contributed by atoms with E-state index in [1.54, 1.807) is 0 Å². The summed E-state index contributed by atoms with van der Waals surface area (Å²) in [6.45, 7) is 0. The minimum absolute atomic E-state index is 0. The summed E-state index contributed by atoms with van der Waals surface area (Å²) >= 11 is 0. The molecule has 218 valence electrons. The van der Waals surface area contributed by atoms with Crippen LogP contribution in [0.5, 0.6) is 0 Å². The highest BCUT2D eigenvalue weighted by molar-refractivity contribution is 7.87. The van der Waals surface area contributed by atoms with E-state index in [4.69, 9.17) is 9.11 Å². The molecule has 0 spiro atoms. The maximum Gasteiger partial charge on any atom is 0.400 e. The first-order chi connectivity index (χ1) is 14.5. The first-order valence-electron chi connectivity index (χ1n) is 9.23. The molecule has 20 heteroatoms. The Morgan fingerprint density at radius 3 is 1.23 bits per heavy atom. The number of halogens is 10. The lowest BCUT2D eigenvalue weighted by Crippen LogP contribution is -2.38. The van der Waals surface area contributed by atoms with Gasteiger partial charge in [-0.15, -0.1) is 0 Å². The molecule has 0 heterocycles. The molecular weight excluding hydrogens is 558 g/mol. The Balaban J connectivity index is -0.000000263. The summed E-state index contributed by atoms with van der Waals surface area (Å²) in [6, 6.07) is 0. The van der Waals surface area contributed by atoms with Gasteiger partial charge in [-0.05, 0) is 32.1 Å². The van der Waals surface area contributed by atoms with Gasteiger partial charge in [0.1, 0.15) is 0 Å². The normalized spacial score (nSPS) is 14.6. The van der Waals surface area contributed by atoms with E-state index >= 15 is 0 Å². The van der Waals surface area contributed by atoms with Crippen molar-refractivity contribution in [2.45, 2.75) is 93.5 Å². The molecule has 0 aliphatic rings. The van der Waals surface area contributed by atoms with Crippen LogP contribution in [0.2, 0.25) is 0 Å². The van der Waals surface area contributed by atoms with Gasteiger partial charge in [0.05, 0.1) is 0 Å². The second-order valence-corrected chi connectivity index (χ2v) is 9.89. The molecule has 0 fully saturated rings. The number of alkyl halides is 10. The lowest BCUT2D eigenvalue weighted by atomic mass is 10.1. The fraction of sp³-hybridized carbons (Fsp3) is 1.00. The molecule has 0 aliphatic heterocycles. The topological polar surface area (TPSA) is 179 Å². The van der Waals surface area contributed by atoms with Gasteiger partial charge < -0.3 is 12.3 Å². The van der Waals surface area contributed by atoms with Crippen LogP contribution in [0, 0.1) is 0 Å². The molecule has 0 amide bonds. The molecular formula is C15H30F10N2O6S2. The molecule has 0 saturated carbocycles. The molecule has 0 bridgehead atoms. The summed E-state index contributed by atoms with van der Waals surface area (Å²) in [5.41, 5.74) is -2.40. The predicted molar refractivity (Wildman–Crippen MR) is 106 cm³/mol. The highest BCUT2D eigenvalue weighted by atomic mass is 32.2. The van der Waals surface area contributed by atoms with Crippen LogP contribution >= 0.6 is 0 Å². The SMILES string of the molecule is N.N.O=S(=O)(O)C(F)(F)C(F)CCCCCC(F)(F)F.O=S(=O)(O)C(F)CCCCCC(F)(F)F. The van der Waals surface area contributed by atoms with Crippen molar-refractivity contribution in [3.63, 3.8) is 0 Å². The Bertz CT molecular complexity index is 761. The first kappa shape index (κ1) is 41.2. The van der Waals surface area contributed by atoms with Crippen LogP contribution in [0.4, 0.5) is 43.9 Å². The van der Waals surface area contributed by atoms with Crippen molar-refractivity contribution < 1.29 is 69.8 Å². The number of rotatable bonds is 13. The third-order valence-electron chi connectivity index (χ3n) is 3.84. The zero-order valence-electron chi connectivity index (χ0n) is 18.3. The highest BCUT2D eigenvalue weighted by Gasteiger charge is 2.52. The quantitative estimate of drug-likeness (QED) is 0.110. The number of hydrogen-bond donors (Lipinski definition) is 4. The van der Waals surface area contributed by atoms with Gasteiger partial charge in [-0.3, -0.25) is 9.11 Å². The summed E-state index contributed by atoms with van der Waals surface area (Å²) in [5, 5.41) is -4.93.